The largest absolute Gasteiger partial charge is 0.495 e. The molecule has 0 fully saturated rings. The van der Waals surface area contributed by atoms with Crippen molar-refractivity contribution in [1.82, 2.24) is 15.5 Å². The maximum absolute atomic E-state index is 12.2. The number of carbonyl (C=O) groups is 2. The van der Waals surface area contributed by atoms with Gasteiger partial charge in [0.15, 0.2) is 0 Å². The number of rotatable bonds is 4. The second-order valence-electron chi connectivity index (χ2n) is 5.87. The number of methoxy groups -OCH3 is 1. The Hall–Kier alpha value is -3.81. The van der Waals surface area contributed by atoms with E-state index in [0.717, 1.165) is 16.4 Å². The molecule has 0 atom stereocenters. The zero-order valence-electron chi connectivity index (χ0n) is 14.4. The van der Waals surface area contributed by atoms with Crippen LogP contribution in [0.5, 0.6) is 5.75 Å². The number of H-pyrrole nitrogens is 1. The van der Waals surface area contributed by atoms with Gasteiger partial charge in [-0.25, -0.2) is 0 Å². The van der Waals surface area contributed by atoms with Crippen LogP contribution in [0.1, 0.15) is 5.69 Å². The second-order valence-corrected chi connectivity index (χ2v) is 5.87. The number of aromatic amines is 1. The summed E-state index contributed by atoms with van der Waals surface area (Å²) in [6.45, 7) is 0.173. The van der Waals surface area contributed by atoms with Gasteiger partial charge in [-0.3, -0.25) is 14.7 Å². The number of carbonyl (C=O) groups excluding carboxylic acids is 2. The van der Waals surface area contributed by atoms with Gasteiger partial charge in [-0.15, -0.1) is 0 Å². The number of fused-ring (bicyclic) bond motifs is 3. The molecule has 2 amide bonds. The van der Waals surface area contributed by atoms with Crippen LogP contribution in [0.3, 0.4) is 0 Å². The monoisotopic (exact) mass is 364 g/mol. The third kappa shape index (κ3) is 3.20. The predicted molar refractivity (Wildman–Crippen MR) is 99.3 cm³/mol. The molecule has 3 N–H and O–H groups in total. The van der Waals surface area contributed by atoms with Crippen molar-refractivity contribution < 1.29 is 18.7 Å². The van der Waals surface area contributed by atoms with Gasteiger partial charge in [0.25, 0.3) is 0 Å². The lowest BCUT2D eigenvalue weighted by Crippen LogP contribution is -2.35. The molecule has 0 aliphatic carbocycles. The van der Waals surface area contributed by atoms with E-state index in [4.69, 9.17) is 9.15 Å². The first kappa shape index (κ1) is 16.6. The second kappa shape index (κ2) is 6.83. The van der Waals surface area contributed by atoms with E-state index in [1.807, 2.05) is 24.3 Å². The van der Waals surface area contributed by atoms with Crippen LogP contribution in [0.15, 0.2) is 53.1 Å². The van der Waals surface area contributed by atoms with Crippen molar-refractivity contribution >= 4 is 39.4 Å². The molecule has 0 aliphatic heterocycles. The van der Waals surface area contributed by atoms with Gasteiger partial charge in [0.2, 0.25) is 0 Å². The van der Waals surface area contributed by atoms with Crippen molar-refractivity contribution in [2.24, 2.45) is 0 Å². The predicted octanol–water partition coefficient (Wildman–Crippen LogP) is 2.57. The van der Waals surface area contributed by atoms with Crippen molar-refractivity contribution in [1.29, 1.82) is 0 Å². The molecule has 0 radical (unpaired) electrons. The first-order chi connectivity index (χ1) is 13.2. The van der Waals surface area contributed by atoms with Gasteiger partial charge in [-0.05, 0) is 18.2 Å². The minimum atomic E-state index is -0.803. The van der Waals surface area contributed by atoms with E-state index in [0.29, 0.717) is 22.7 Å². The number of nitrogens with one attached hydrogen (secondary N) is 3. The average molecular weight is 364 g/mol. The zero-order chi connectivity index (χ0) is 18.8. The Bertz CT molecular complexity index is 1130. The highest BCUT2D eigenvalue weighted by molar-refractivity contribution is 6.39. The number of ether oxygens (including phenoxy) is 1. The van der Waals surface area contributed by atoms with E-state index in [1.165, 1.54) is 7.11 Å². The lowest BCUT2D eigenvalue weighted by atomic mass is 10.1. The smallest absolute Gasteiger partial charge is 0.313 e. The van der Waals surface area contributed by atoms with E-state index in [-0.39, 0.29) is 6.54 Å². The molecule has 0 unspecified atom stereocenters. The fourth-order valence-corrected chi connectivity index (χ4v) is 2.84. The van der Waals surface area contributed by atoms with Crippen molar-refractivity contribution in [3.05, 3.63) is 54.4 Å². The zero-order valence-corrected chi connectivity index (χ0v) is 14.4. The highest BCUT2D eigenvalue weighted by Gasteiger charge is 2.18. The van der Waals surface area contributed by atoms with Gasteiger partial charge in [0, 0.05) is 23.0 Å². The Kier molecular flexibility index (Phi) is 4.21. The maximum atomic E-state index is 12.2. The fraction of sp³-hybridized carbons (Fsp3) is 0.105. The molecule has 0 aliphatic rings. The summed E-state index contributed by atoms with van der Waals surface area (Å²) in [5.74, 6) is -1.14. The van der Waals surface area contributed by atoms with Crippen LogP contribution in [0.4, 0.5) is 5.69 Å². The molecule has 0 spiro atoms. The molecule has 4 aromatic rings. The lowest BCUT2D eigenvalue weighted by Gasteiger charge is -2.10. The number of nitrogens with zero attached hydrogens (tertiary/aromatic N) is 1. The van der Waals surface area contributed by atoms with E-state index in [1.54, 1.807) is 24.4 Å². The standard InChI is InChI=1S/C19H16N4O4/c1-26-17-8-13-12-4-2-3-5-15(12)27-16(13)9-14(17)22-19(25)18(24)20-10-11-6-7-21-23-11/h2-9H,10H2,1H3,(H,20,24)(H,21,23)(H,22,25). The average Bonchev–Trinajstić information content (AvgIpc) is 3.32. The van der Waals surface area contributed by atoms with Crippen LogP contribution in [-0.2, 0) is 16.1 Å². The SMILES string of the molecule is COc1cc2c(cc1NC(=O)C(=O)NCc1ccn[nH]1)oc1ccccc12. The molecule has 136 valence electrons. The highest BCUT2D eigenvalue weighted by atomic mass is 16.5. The molecule has 8 heteroatoms. The van der Waals surface area contributed by atoms with Gasteiger partial charge in [0.05, 0.1) is 25.0 Å². The van der Waals surface area contributed by atoms with Crippen LogP contribution in [0.25, 0.3) is 21.9 Å². The molecule has 2 heterocycles. The minimum absolute atomic E-state index is 0.173. The molecule has 2 aromatic carbocycles. The number of hydrogen-bond donors (Lipinski definition) is 3. The van der Waals surface area contributed by atoms with Gasteiger partial charge in [0.1, 0.15) is 16.9 Å². The Labute approximate surface area is 153 Å². The van der Waals surface area contributed by atoms with Crippen LogP contribution in [-0.4, -0.2) is 29.1 Å². The summed E-state index contributed by atoms with van der Waals surface area (Å²) in [4.78, 5) is 24.2. The van der Waals surface area contributed by atoms with Crippen molar-refractivity contribution in [3.8, 4) is 5.75 Å². The number of hydrogen-bond acceptors (Lipinski definition) is 5. The summed E-state index contributed by atoms with van der Waals surface area (Å²) >= 11 is 0. The first-order valence-corrected chi connectivity index (χ1v) is 8.22. The number of furan rings is 1. The van der Waals surface area contributed by atoms with Crippen LogP contribution in [0, 0.1) is 0 Å². The topological polar surface area (TPSA) is 109 Å². The van der Waals surface area contributed by atoms with Crippen molar-refractivity contribution in [2.75, 3.05) is 12.4 Å². The molecule has 4 rings (SSSR count). The maximum Gasteiger partial charge on any atom is 0.313 e. The lowest BCUT2D eigenvalue weighted by molar-refractivity contribution is -0.136. The highest BCUT2D eigenvalue weighted by Crippen LogP contribution is 2.36. The molecule has 8 nitrogen and oxygen atoms in total. The molecular weight excluding hydrogens is 348 g/mol. The van der Waals surface area contributed by atoms with Crippen molar-refractivity contribution in [2.45, 2.75) is 6.54 Å². The summed E-state index contributed by atoms with van der Waals surface area (Å²) in [5, 5.41) is 13.4. The summed E-state index contributed by atoms with van der Waals surface area (Å²) in [5.41, 5.74) is 2.36. The molecule has 0 saturated heterocycles. The van der Waals surface area contributed by atoms with E-state index in [2.05, 4.69) is 20.8 Å². The van der Waals surface area contributed by atoms with Crippen LogP contribution in [0.2, 0.25) is 0 Å². The summed E-state index contributed by atoms with van der Waals surface area (Å²) in [6, 6.07) is 12.7. The third-order valence-electron chi connectivity index (χ3n) is 4.15. The third-order valence-corrected chi connectivity index (χ3v) is 4.15. The normalized spacial score (nSPS) is 10.9. The summed E-state index contributed by atoms with van der Waals surface area (Å²) in [6.07, 6.45) is 1.56. The Morgan fingerprint density at radius 3 is 2.74 bits per heavy atom. The molecule has 0 bridgehead atoms. The van der Waals surface area contributed by atoms with E-state index >= 15 is 0 Å². The van der Waals surface area contributed by atoms with Gasteiger partial charge < -0.3 is 19.8 Å². The molecule has 27 heavy (non-hydrogen) atoms. The molecular formula is C19H16N4O4. The Morgan fingerprint density at radius 2 is 1.96 bits per heavy atom. The quantitative estimate of drug-likeness (QED) is 0.482. The van der Waals surface area contributed by atoms with E-state index < -0.39 is 11.8 Å². The van der Waals surface area contributed by atoms with Crippen LogP contribution >= 0.6 is 0 Å². The molecule has 0 saturated carbocycles. The van der Waals surface area contributed by atoms with Gasteiger partial charge in [-0.1, -0.05) is 18.2 Å². The first-order valence-electron chi connectivity index (χ1n) is 8.22. The van der Waals surface area contributed by atoms with Gasteiger partial charge >= 0.3 is 11.8 Å². The van der Waals surface area contributed by atoms with Gasteiger partial charge in [-0.2, -0.15) is 5.10 Å². The summed E-state index contributed by atoms with van der Waals surface area (Å²) in [7, 11) is 1.50. The van der Waals surface area contributed by atoms with Crippen molar-refractivity contribution in [3.63, 3.8) is 0 Å². The fourth-order valence-electron chi connectivity index (χ4n) is 2.84. The Morgan fingerprint density at radius 1 is 1.11 bits per heavy atom. The molecule has 2 aromatic heterocycles. The Balaban J connectivity index is 1.57. The van der Waals surface area contributed by atoms with Crippen LogP contribution < -0.4 is 15.4 Å². The number of amides is 2. The summed E-state index contributed by atoms with van der Waals surface area (Å²) < 4.78 is 11.2. The number of aromatic nitrogens is 2. The minimum Gasteiger partial charge on any atom is -0.495 e. The van der Waals surface area contributed by atoms with E-state index in [9.17, 15) is 9.59 Å². The number of anilines is 1. The number of benzene rings is 2. The number of para-hydroxylation sites is 1.